The molecule has 108 valence electrons. The minimum absolute atomic E-state index is 0.0321. The van der Waals surface area contributed by atoms with E-state index in [-0.39, 0.29) is 37.1 Å². The molecule has 0 bridgehead atoms. The average molecular weight is 270 g/mol. The number of rotatable bonds is 6. The Bertz CT molecular complexity index is 357. The van der Waals surface area contributed by atoms with Crippen molar-refractivity contribution in [1.29, 1.82) is 0 Å². The zero-order chi connectivity index (χ0) is 14.4. The fraction of sp³-hybridized carbons (Fsp3) is 0.769. The van der Waals surface area contributed by atoms with Gasteiger partial charge in [0.2, 0.25) is 11.8 Å². The molecule has 19 heavy (non-hydrogen) atoms. The zero-order valence-electron chi connectivity index (χ0n) is 11.5. The maximum atomic E-state index is 11.9. The molecule has 0 aromatic rings. The van der Waals surface area contributed by atoms with Crippen molar-refractivity contribution < 1.29 is 19.5 Å². The molecule has 0 aromatic carbocycles. The molecule has 0 aromatic heterocycles. The largest absolute Gasteiger partial charge is 0.481 e. The molecular weight excluding hydrogens is 248 g/mol. The number of carboxylic acids is 1. The lowest BCUT2D eigenvalue weighted by Gasteiger charge is -2.15. The molecule has 1 rings (SSSR count). The third-order valence-electron chi connectivity index (χ3n) is 3.42. The van der Waals surface area contributed by atoms with Gasteiger partial charge in [-0.2, -0.15) is 0 Å². The average Bonchev–Trinajstić information content (AvgIpc) is 2.75. The Morgan fingerprint density at radius 2 is 1.95 bits per heavy atom. The number of likely N-dealkylation sites (tertiary alicyclic amines) is 1. The lowest BCUT2D eigenvalue weighted by Crippen LogP contribution is -2.31. The van der Waals surface area contributed by atoms with Gasteiger partial charge in [0.1, 0.15) is 0 Å². The molecular formula is C13H22N2O4. The van der Waals surface area contributed by atoms with Gasteiger partial charge in [0.25, 0.3) is 0 Å². The summed E-state index contributed by atoms with van der Waals surface area (Å²) in [6.45, 7) is 5.14. The van der Waals surface area contributed by atoms with Gasteiger partial charge in [-0.25, -0.2) is 0 Å². The van der Waals surface area contributed by atoms with E-state index in [1.54, 1.807) is 4.90 Å². The summed E-state index contributed by atoms with van der Waals surface area (Å²) < 4.78 is 0. The number of carboxylic acid groups (broad SMARTS) is 1. The molecule has 0 unspecified atom stereocenters. The summed E-state index contributed by atoms with van der Waals surface area (Å²) in [6.07, 6.45) is 1.18. The van der Waals surface area contributed by atoms with Crippen molar-refractivity contribution in [3.63, 3.8) is 0 Å². The Morgan fingerprint density at radius 3 is 2.47 bits per heavy atom. The van der Waals surface area contributed by atoms with Crippen molar-refractivity contribution in [1.82, 2.24) is 10.2 Å². The molecule has 0 spiro atoms. The van der Waals surface area contributed by atoms with Crippen molar-refractivity contribution in [3.05, 3.63) is 0 Å². The predicted octanol–water partition coefficient (Wildman–Crippen LogP) is 0.472. The molecule has 0 radical (unpaired) electrons. The standard InChI is InChI=1S/C13H22N2O4/c1-3-6-14-11(16)4-5-12(17)15-7-9(2)10(8-15)13(18)19/h9-10H,3-8H2,1-2H3,(H,14,16)(H,18,19)/t9-,10-/m1/s1. The SMILES string of the molecule is CCCNC(=O)CCC(=O)N1C[C@@H](C)[C@H](C(=O)O)C1. The highest BCUT2D eigenvalue weighted by Gasteiger charge is 2.36. The summed E-state index contributed by atoms with van der Waals surface area (Å²) in [5.74, 6) is -1.64. The van der Waals surface area contributed by atoms with E-state index < -0.39 is 11.9 Å². The summed E-state index contributed by atoms with van der Waals surface area (Å²) in [5.41, 5.74) is 0. The van der Waals surface area contributed by atoms with Crippen molar-refractivity contribution in [2.75, 3.05) is 19.6 Å². The fourth-order valence-corrected chi connectivity index (χ4v) is 2.22. The quantitative estimate of drug-likeness (QED) is 0.734. The normalized spacial score (nSPS) is 22.3. The van der Waals surface area contributed by atoms with Gasteiger partial charge in [-0.15, -0.1) is 0 Å². The zero-order valence-corrected chi connectivity index (χ0v) is 11.5. The first-order valence-corrected chi connectivity index (χ1v) is 6.73. The minimum Gasteiger partial charge on any atom is -0.481 e. The summed E-state index contributed by atoms with van der Waals surface area (Å²) in [6, 6.07) is 0. The van der Waals surface area contributed by atoms with E-state index in [1.807, 2.05) is 13.8 Å². The maximum Gasteiger partial charge on any atom is 0.308 e. The van der Waals surface area contributed by atoms with Crippen LogP contribution in [0.25, 0.3) is 0 Å². The maximum absolute atomic E-state index is 11.9. The number of nitrogens with zero attached hydrogens (tertiary/aromatic N) is 1. The first kappa shape index (κ1) is 15.5. The monoisotopic (exact) mass is 270 g/mol. The minimum atomic E-state index is -0.858. The number of hydrogen-bond donors (Lipinski definition) is 2. The second-order valence-corrected chi connectivity index (χ2v) is 5.07. The van der Waals surface area contributed by atoms with E-state index in [0.29, 0.717) is 13.1 Å². The predicted molar refractivity (Wildman–Crippen MR) is 69.4 cm³/mol. The molecule has 2 amide bonds. The summed E-state index contributed by atoms with van der Waals surface area (Å²) in [7, 11) is 0. The molecule has 1 fully saturated rings. The van der Waals surface area contributed by atoms with Gasteiger partial charge < -0.3 is 15.3 Å². The van der Waals surface area contributed by atoms with Crippen LogP contribution in [0.3, 0.4) is 0 Å². The number of hydrogen-bond acceptors (Lipinski definition) is 3. The summed E-state index contributed by atoms with van der Waals surface area (Å²) in [4.78, 5) is 35.8. The molecule has 6 nitrogen and oxygen atoms in total. The third-order valence-corrected chi connectivity index (χ3v) is 3.42. The van der Waals surface area contributed by atoms with Gasteiger partial charge in [0, 0.05) is 32.5 Å². The first-order valence-electron chi connectivity index (χ1n) is 6.73. The number of amides is 2. The highest BCUT2D eigenvalue weighted by molar-refractivity contribution is 5.84. The lowest BCUT2D eigenvalue weighted by atomic mass is 9.99. The van der Waals surface area contributed by atoms with Crippen LogP contribution in [0, 0.1) is 11.8 Å². The molecule has 0 aliphatic carbocycles. The van der Waals surface area contributed by atoms with E-state index >= 15 is 0 Å². The topological polar surface area (TPSA) is 86.7 Å². The van der Waals surface area contributed by atoms with Crippen LogP contribution in [0.15, 0.2) is 0 Å². The molecule has 1 aliphatic rings. The van der Waals surface area contributed by atoms with Crippen LogP contribution >= 0.6 is 0 Å². The van der Waals surface area contributed by atoms with E-state index in [9.17, 15) is 14.4 Å². The molecule has 1 aliphatic heterocycles. The molecule has 0 saturated carbocycles. The van der Waals surface area contributed by atoms with Gasteiger partial charge in [-0.05, 0) is 12.3 Å². The van der Waals surface area contributed by atoms with Crippen molar-refractivity contribution in [3.8, 4) is 0 Å². The molecule has 2 N–H and O–H groups in total. The Labute approximate surface area is 113 Å². The van der Waals surface area contributed by atoms with Gasteiger partial charge in [0.05, 0.1) is 5.92 Å². The number of aliphatic carboxylic acids is 1. The summed E-state index contributed by atoms with van der Waals surface area (Å²) >= 11 is 0. The Morgan fingerprint density at radius 1 is 1.26 bits per heavy atom. The van der Waals surface area contributed by atoms with Crippen LogP contribution in [0.4, 0.5) is 0 Å². The first-order chi connectivity index (χ1) is 8.95. The van der Waals surface area contributed by atoms with E-state index in [0.717, 1.165) is 6.42 Å². The van der Waals surface area contributed by atoms with Gasteiger partial charge in [0.15, 0.2) is 0 Å². The Kier molecular flexibility index (Phi) is 5.79. The summed E-state index contributed by atoms with van der Waals surface area (Å²) in [5, 5.41) is 11.7. The van der Waals surface area contributed by atoms with Crippen molar-refractivity contribution in [2.45, 2.75) is 33.1 Å². The van der Waals surface area contributed by atoms with E-state index in [1.165, 1.54) is 0 Å². The second kappa shape index (κ2) is 7.11. The highest BCUT2D eigenvalue weighted by atomic mass is 16.4. The van der Waals surface area contributed by atoms with Crippen LogP contribution in [-0.2, 0) is 14.4 Å². The van der Waals surface area contributed by atoms with Crippen LogP contribution in [-0.4, -0.2) is 47.4 Å². The molecule has 2 atom stereocenters. The van der Waals surface area contributed by atoms with Crippen molar-refractivity contribution >= 4 is 17.8 Å². The van der Waals surface area contributed by atoms with Crippen LogP contribution < -0.4 is 5.32 Å². The van der Waals surface area contributed by atoms with Crippen LogP contribution in [0.2, 0.25) is 0 Å². The lowest BCUT2D eigenvalue weighted by molar-refractivity contribution is -0.142. The van der Waals surface area contributed by atoms with Gasteiger partial charge in [-0.1, -0.05) is 13.8 Å². The molecule has 1 heterocycles. The van der Waals surface area contributed by atoms with Crippen LogP contribution in [0.5, 0.6) is 0 Å². The second-order valence-electron chi connectivity index (χ2n) is 5.07. The Hall–Kier alpha value is -1.59. The van der Waals surface area contributed by atoms with Crippen LogP contribution in [0.1, 0.15) is 33.1 Å². The molecule has 1 saturated heterocycles. The van der Waals surface area contributed by atoms with Crippen molar-refractivity contribution in [2.24, 2.45) is 11.8 Å². The molecule has 6 heteroatoms. The van der Waals surface area contributed by atoms with Gasteiger partial charge in [-0.3, -0.25) is 14.4 Å². The highest BCUT2D eigenvalue weighted by Crippen LogP contribution is 2.23. The smallest absolute Gasteiger partial charge is 0.308 e. The number of nitrogens with one attached hydrogen (secondary N) is 1. The third kappa shape index (κ3) is 4.54. The number of carbonyl (C=O) groups excluding carboxylic acids is 2. The van der Waals surface area contributed by atoms with E-state index in [2.05, 4.69) is 5.32 Å². The van der Waals surface area contributed by atoms with E-state index in [4.69, 9.17) is 5.11 Å². The fourth-order valence-electron chi connectivity index (χ4n) is 2.22. The van der Waals surface area contributed by atoms with Gasteiger partial charge >= 0.3 is 5.97 Å². The number of carbonyl (C=O) groups is 3. The Balaban J connectivity index is 2.35.